The molecule has 16 heavy (non-hydrogen) atoms. The number of methoxy groups -OCH3 is 1. The first-order valence-corrected chi connectivity index (χ1v) is 6.22. The highest BCUT2D eigenvalue weighted by Crippen LogP contribution is 2.28. The quantitative estimate of drug-likeness (QED) is 0.906. The second-order valence-corrected chi connectivity index (χ2v) is 5.32. The van der Waals surface area contributed by atoms with Crippen LogP contribution < -0.4 is 5.73 Å². The summed E-state index contributed by atoms with van der Waals surface area (Å²) in [6.07, 6.45) is 2.55. The molecule has 0 aliphatic rings. The molecule has 0 aromatic carbocycles. The summed E-state index contributed by atoms with van der Waals surface area (Å²) in [7, 11) is 1.71. The van der Waals surface area contributed by atoms with Crippen molar-refractivity contribution in [1.82, 2.24) is 9.78 Å². The zero-order chi connectivity index (χ0) is 12.3. The van der Waals surface area contributed by atoms with E-state index in [1.165, 1.54) is 0 Å². The van der Waals surface area contributed by atoms with Crippen molar-refractivity contribution in [2.75, 3.05) is 7.11 Å². The van der Waals surface area contributed by atoms with E-state index in [2.05, 4.69) is 28.0 Å². The standard InChI is InChI=1S/C11H20BrN3O/c1-5-15-10(8(12)7-14-15)9(13)6-11(2,3)16-4/h7,9H,5-6,13H2,1-4H3. The summed E-state index contributed by atoms with van der Waals surface area (Å²) in [6.45, 7) is 6.94. The molecule has 0 amide bonds. The Morgan fingerprint density at radius 1 is 1.62 bits per heavy atom. The Labute approximate surface area is 105 Å². The van der Waals surface area contributed by atoms with E-state index in [9.17, 15) is 0 Å². The molecule has 0 spiro atoms. The lowest BCUT2D eigenvalue weighted by Gasteiger charge is -2.27. The van der Waals surface area contributed by atoms with Crippen molar-refractivity contribution in [2.45, 2.75) is 45.4 Å². The molecule has 0 radical (unpaired) electrons. The number of aryl methyl sites for hydroxylation is 1. The zero-order valence-electron chi connectivity index (χ0n) is 10.3. The van der Waals surface area contributed by atoms with E-state index in [-0.39, 0.29) is 11.6 Å². The van der Waals surface area contributed by atoms with Crippen LogP contribution in [0.3, 0.4) is 0 Å². The topological polar surface area (TPSA) is 53.1 Å². The van der Waals surface area contributed by atoms with E-state index in [0.717, 1.165) is 23.1 Å². The lowest BCUT2D eigenvalue weighted by atomic mass is 9.97. The van der Waals surface area contributed by atoms with Crippen LogP contribution in [0, 0.1) is 0 Å². The van der Waals surface area contributed by atoms with Crippen molar-refractivity contribution >= 4 is 15.9 Å². The lowest BCUT2D eigenvalue weighted by molar-refractivity contribution is 0.00931. The highest BCUT2D eigenvalue weighted by Gasteiger charge is 2.25. The van der Waals surface area contributed by atoms with Gasteiger partial charge in [-0.2, -0.15) is 5.10 Å². The van der Waals surface area contributed by atoms with Crippen molar-refractivity contribution in [3.8, 4) is 0 Å². The van der Waals surface area contributed by atoms with Crippen LogP contribution in [0.25, 0.3) is 0 Å². The normalized spacial score (nSPS) is 14.1. The fourth-order valence-corrected chi connectivity index (χ4v) is 2.29. The molecule has 0 saturated carbocycles. The van der Waals surface area contributed by atoms with Crippen molar-refractivity contribution in [3.05, 3.63) is 16.4 Å². The summed E-state index contributed by atoms with van der Waals surface area (Å²) < 4.78 is 8.28. The largest absolute Gasteiger partial charge is 0.379 e. The smallest absolute Gasteiger partial charge is 0.0694 e. The van der Waals surface area contributed by atoms with E-state index in [1.54, 1.807) is 13.3 Å². The molecule has 1 rings (SSSR count). The molecule has 1 unspecified atom stereocenters. The number of hydrogen-bond acceptors (Lipinski definition) is 3. The molecule has 0 bridgehead atoms. The van der Waals surface area contributed by atoms with Crippen molar-refractivity contribution in [1.29, 1.82) is 0 Å². The van der Waals surface area contributed by atoms with Crippen molar-refractivity contribution < 1.29 is 4.74 Å². The molecule has 0 saturated heterocycles. The van der Waals surface area contributed by atoms with Crippen LogP contribution in [0.4, 0.5) is 0 Å². The van der Waals surface area contributed by atoms with Gasteiger partial charge < -0.3 is 10.5 Å². The minimum absolute atomic E-state index is 0.0771. The predicted molar refractivity (Wildman–Crippen MR) is 68.2 cm³/mol. The fourth-order valence-electron chi connectivity index (χ4n) is 1.70. The van der Waals surface area contributed by atoms with E-state index >= 15 is 0 Å². The summed E-state index contributed by atoms with van der Waals surface area (Å²) >= 11 is 3.48. The van der Waals surface area contributed by atoms with Crippen LogP contribution in [-0.2, 0) is 11.3 Å². The van der Waals surface area contributed by atoms with Gasteiger partial charge in [0.2, 0.25) is 0 Å². The second-order valence-electron chi connectivity index (χ2n) is 4.47. The number of hydrogen-bond donors (Lipinski definition) is 1. The monoisotopic (exact) mass is 289 g/mol. The van der Waals surface area contributed by atoms with Crippen LogP contribution in [0.1, 0.15) is 38.9 Å². The molecule has 0 aliphatic heterocycles. The summed E-state index contributed by atoms with van der Waals surface area (Å²) in [4.78, 5) is 0. The molecule has 1 atom stereocenters. The summed E-state index contributed by atoms with van der Waals surface area (Å²) in [5, 5.41) is 4.26. The maximum Gasteiger partial charge on any atom is 0.0694 e. The van der Waals surface area contributed by atoms with Gasteiger partial charge in [0, 0.05) is 13.7 Å². The van der Waals surface area contributed by atoms with Crippen LogP contribution in [0.5, 0.6) is 0 Å². The number of halogens is 1. The Morgan fingerprint density at radius 2 is 2.25 bits per heavy atom. The molecule has 2 N–H and O–H groups in total. The highest BCUT2D eigenvalue weighted by molar-refractivity contribution is 9.10. The minimum atomic E-state index is -0.221. The molecule has 1 heterocycles. The number of ether oxygens (including phenoxy) is 1. The molecular formula is C11H20BrN3O. The number of nitrogens with zero attached hydrogens (tertiary/aromatic N) is 2. The van der Waals surface area contributed by atoms with Gasteiger partial charge in [0.05, 0.1) is 28.0 Å². The van der Waals surface area contributed by atoms with E-state index < -0.39 is 0 Å². The van der Waals surface area contributed by atoms with Gasteiger partial charge in [-0.1, -0.05) is 0 Å². The maximum atomic E-state index is 6.21. The Kier molecular flexibility index (Phi) is 4.52. The first-order chi connectivity index (χ1) is 7.41. The second kappa shape index (κ2) is 5.29. The molecule has 92 valence electrons. The highest BCUT2D eigenvalue weighted by atomic mass is 79.9. The van der Waals surface area contributed by atoms with Gasteiger partial charge in [0.25, 0.3) is 0 Å². The van der Waals surface area contributed by atoms with Gasteiger partial charge in [-0.3, -0.25) is 4.68 Å². The van der Waals surface area contributed by atoms with Gasteiger partial charge >= 0.3 is 0 Å². The lowest BCUT2D eigenvalue weighted by Crippen LogP contribution is -2.30. The average Bonchev–Trinajstić information content (AvgIpc) is 2.59. The third kappa shape index (κ3) is 3.06. The summed E-state index contributed by atoms with van der Waals surface area (Å²) in [5.74, 6) is 0. The molecular weight excluding hydrogens is 270 g/mol. The maximum absolute atomic E-state index is 6.21. The molecule has 5 heteroatoms. The summed E-state index contributed by atoms with van der Waals surface area (Å²) in [6, 6.07) is -0.0771. The zero-order valence-corrected chi connectivity index (χ0v) is 11.9. The van der Waals surface area contributed by atoms with Crippen molar-refractivity contribution in [2.24, 2.45) is 5.73 Å². The molecule has 0 fully saturated rings. The first-order valence-electron chi connectivity index (χ1n) is 5.43. The third-order valence-electron chi connectivity index (χ3n) is 2.75. The Hall–Kier alpha value is -0.390. The predicted octanol–water partition coefficient (Wildman–Crippen LogP) is 2.48. The molecule has 1 aromatic heterocycles. The number of nitrogens with two attached hydrogens (primary N) is 1. The Balaban J connectivity index is 2.87. The Bertz CT molecular complexity index is 349. The average molecular weight is 290 g/mol. The molecule has 4 nitrogen and oxygen atoms in total. The van der Waals surface area contributed by atoms with E-state index in [4.69, 9.17) is 10.5 Å². The first kappa shape index (κ1) is 13.7. The van der Waals surface area contributed by atoms with Crippen molar-refractivity contribution in [3.63, 3.8) is 0 Å². The van der Waals surface area contributed by atoms with Gasteiger partial charge in [0.15, 0.2) is 0 Å². The SMILES string of the molecule is CCn1ncc(Br)c1C(N)CC(C)(C)OC. The van der Waals surface area contributed by atoms with Gasteiger partial charge in [-0.15, -0.1) is 0 Å². The molecule has 1 aromatic rings. The summed E-state index contributed by atoms with van der Waals surface area (Å²) in [5.41, 5.74) is 7.02. The minimum Gasteiger partial charge on any atom is -0.379 e. The van der Waals surface area contributed by atoms with Crippen LogP contribution in [0.15, 0.2) is 10.7 Å². The van der Waals surface area contributed by atoms with Crippen LogP contribution in [0.2, 0.25) is 0 Å². The van der Waals surface area contributed by atoms with Gasteiger partial charge in [0.1, 0.15) is 0 Å². The number of aromatic nitrogens is 2. The fraction of sp³-hybridized carbons (Fsp3) is 0.727. The van der Waals surface area contributed by atoms with Crippen LogP contribution in [-0.4, -0.2) is 22.5 Å². The van der Waals surface area contributed by atoms with Gasteiger partial charge in [-0.25, -0.2) is 0 Å². The van der Waals surface area contributed by atoms with E-state index in [1.807, 2.05) is 18.5 Å². The van der Waals surface area contributed by atoms with Gasteiger partial charge in [-0.05, 0) is 43.1 Å². The van der Waals surface area contributed by atoms with Crippen LogP contribution >= 0.6 is 15.9 Å². The number of rotatable bonds is 5. The van der Waals surface area contributed by atoms with E-state index in [0.29, 0.717) is 0 Å². The molecule has 0 aliphatic carbocycles. The Morgan fingerprint density at radius 3 is 2.75 bits per heavy atom. The third-order valence-corrected chi connectivity index (χ3v) is 3.36.